The molecule has 1 saturated heterocycles. The molecule has 1 saturated carbocycles. The molecule has 1 amide bonds. The van der Waals surface area contributed by atoms with Crippen molar-refractivity contribution in [3.05, 3.63) is 63.7 Å². The van der Waals surface area contributed by atoms with Crippen LogP contribution in [-0.4, -0.2) is 32.8 Å². The topological polar surface area (TPSA) is 78.2 Å². The van der Waals surface area contributed by atoms with Gasteiger partial charge in [-0.2, -0.15) is 18.3 Å². The standard InChI is InChI=1S/C25H25F5N4O3/c1-14(15-5-4-6-16(9-15)25(28,29)30)32-22(35)19-13-33(17-10-24(26,27)11-17)23(36)18-12-31-34(21(18)19)20-7-2-3-8-37-20/h4-6,9,12-14,17,20H,2-3,7-8,10-11H2,1H3,(H,32,35). The van der Waals surface area contributed by atoms with Crippen molar-refractivity contribution in [3.8, 4) is 0 Å². The second kappa shape index (κ2) is 9.23. The van der Waals surface area contributed by atoms with Crippen LogP contribution in [0.3, 0.4) is 0 Å². The molecule has 7 nitrogen and oxygen atoms in total. The molecule has 2 fully saturated rings. The Morgan fingerprint density at radius 1 is 1.24 bits per heavy atom. The first-order valence-corrected chi connectivity index (χ1v) is 12.0. The highest BCUT2D eigenvalue weighted by atomic mass is 19.4. The molecule has 3 aromatic rings. The minimum Gasteiger partial charge on any atom is -0.356 e. The lowest BCUT2D eigenvalue weighted by molar-refractivity contribution is -0.137. The maximum atomic E-state index is 13.6. The van der Waals surface area contributed by atoms with Crippen molar-refractivity contribution in [2.24, 2.45) is 0 Å². The summed E-state index contributed by atoms with van der Waals surface area (Å²) in [5.74, 6) is -3.56. The minimum atomic E-state index is -4.54. The Labute approximate surface area is 208 Å². The van der Waals surface area contributed by atoms with Crippen LogP contribution in [0.5, 0.6) is 0 Å². The maximum absolute atomic E-state index is 13.6. The Balaban J connectivity index is 1.54. The van der Waals surface area contributed by atoms with Crippen LogP contribution in [0.2, 0.25) is 0 Å². The Morgan fingerprint density at radius 2 is 2.00 bits per heavy atom. The van der Waals surface area contributed by atoms with Crippen LogP contribution in [0.4, 0.5) is 22.0 Å². The van der Waals surface area contributed by atoms with E-state index in [2.05, 4.69) is 10.4 Å². The van der Waals surface area contributed by atoms with Crippen LogP contribution in [0.15, 0.2) is 41.5 Å². The Bertz CT molecular complexity index is 1380. The van der Waals surface area contributed by atoms with Crippen LogP contribution in [0.1, 0.15) is 78.8 Å². The summed E-state index contributed by atoms with van der Waals surface area (Å²) in [5, 5.41) is 7.07. The number of ether oxygens (including phenoxy) is 1. The van der Waals surface area contributed by atoms with E-state index in [1.54, 1.807) is 0 Å². The average molecular weight is 524 g/mol. The molecule has 1 N–H and O–H groups in total. The number of pyridine rings is 1. The molecule has 5 rings (SSSR count). The lowest BCUT2D eigenvalue weighted by atomic mass is 9.87. The molecular weight excluding hydrogens is 499 g/mol. The van der Waals surface area contributed by atoms with Gasteiger partial charge in [-0.1, -0.05) is 12.1 Å². The van der Waals surface area contributed by atoms with Gasteiger partial charge in [0.1, 0.15) is 0 Å². The van der Waals surface area contributed by atoms with Gasteiger partial charge >= 0.3 is 6.18 Å². The van der Waals surface area contributed by atoms with Crippen molar-refractivity contribution in [1.82, 2.24) is 19.7 Å². The summed E-state index contributed by atoms with van der Waals surface area (Å²) in [5.41, 5.74) is -0.945. The third-order valence-electron chi connectivity index (χ3n) is 6.98. The molecule has 1 aliphatic carbocycles. The fourth-order valence-electron chi connectivity index (χ4n) is 4.93. The number of nitrogens with zero attached hydrogens (tertiary/aromatic N) is 3. The minimum absolute atomic E-state index is 0.00955. The van der Waals surface area contributed by atoms with E-state index in [1.165, 1.54) is 36.1 Å². The van der Waals surface area contributed by atoms with Gasteiger partial charge in [0.15, 0.2) is 6.23 Å². The summed E-state index contributed by atoms with van der Waals surface area (Å²) in [7, 11) is 0. The molecule has 1 aliphatic heterocycles. The lowest BCUT2D eigenvalue weighted by Crippen LogP contribution is -2.41. The second-order valence-corrected chi connectivity index (χ2v) is 9.66. The second-order valence-electron chi connectivity index (χ2n) is 9.66. The first-order chi connectivity index (χ1) is 17.4. The third kappa shape index (κ3) is 4.86. The number of fused-ring (bicyclic) bond motifs is 1. The van der Waals surface area contributed by atoms with Gasteiger partial charge in [-0.3, -0.25) is 9.59 Å². The van der Waals surface area contributed by atoms with Crippen LogP contribution in [0, 0.1) is 0 Å². The van der Waals surface area contributed by atoms with Crippen molar-refractivity contribution in [3.63, 3.8) is 0 Å². The number of amides is 1. The largest absolute Gasteiger partial charge is 0.416 e. The number of carbonyl (C=O) groups is 1. The quantitative estimate of drug-likeness (QED) is 0.455. The molecular formula is C25H25F5N4O3. The summed E-state index contributed by atoms with van der Waals surface area (Å²) >= 11 is 0. The normalized spacial score (nSPS) is 21.0. The first kappa shape index (κ1) is 25.4. The van der Waals surface area contributed by atoms with Gasteiger partial charge in [0.25, 0.3) is 17.4 Å². The number of carbonyl (C=O) groups excluding carboxylic acids is 1. The summed E-state index contributed by atoms with van der Waals surface area (Å²) in [6.45, 7) is 2.02. The molecule has 2 aromatic heterocycles. The highest BCUT2D eigenvalue weighted by Crippen LogP contribution is 2.45. The van der Waals surface area contributed by atoms with Crippen LogP contribution in [-0.2, 0) is 10.9 Å². The van der Waals surface area contributed by atoms with Gasteiger partial charge in [-0.05, 0) is 43.9 Å². The summed E-state index contributed by atoms with van der Waals surface area (Å²) in [4.78, 5) is 26.7. The van der Waals surface area contributed by atoms with Gasteiger partial charge in [-0.15, -0.1) is 0 Å². The lowest BCUT2D eigenvalue weighted by Gasteiger charge is -2.36. The van der Waals surface area contributed by atoms with E-state index in [9.17, 15) is 31.5 Å². The Morgan fingerprint density at radius 3 is 2.65 bits per heavy atom. The Hall–Kier alpha value is -3.28. The van der Waals surface area contributed by atoms with Crippen LogP contribution in [0.25, 0.3) is 10.9 Å². The van der Waals surface area contributed by atoms with E-state index in [1.807, 2.05) is 0 Å². The van der Waals surface area contributed by atoms with E-state index >= 15 is 0 Å². The molecule has 2 aliphatic rings. The fraction of sp³-hybridized carbons (Fsp3) is 0.480. The molecule has 0 spiro atoms. The van der Waals surface area contributed by atoms with Gasteiger partial charge in [0, 0.05) is 31.7 Å². The molecule has 198 valence electrons. The number of benzene rings is 1. The molecule has 2 atom stereocenters. The molecule has 0 bridgehead atoms. The third-order valence-corrected chi connectivity index (χ3v) is 6.98. The van der Waals surface area contributed by atoms with Gasteiger partial charge < -0.3 is 14.6 Å². The predicted molar refractivity (Wildman–Crippen MR) is 123 cm³/mol. The Kier molecular flexibility index (Phi) is 6.33. The smallest absolute Gasteiger partial charge is 0.356 e. The molecule has 0 radical (unpaired) electrons. The van der Waals surface area contributed by atoms with Crippen molar-refractivity contribution in [1.29, 1.82) is 0 Å². The van der Waals surface area contributed by atoms with E-state index in [0.29, 0.717) is 13.0 Å². The zero-order chi connectivity index (χ0) is 26.5. The molecule has 2 unspecified atom stereocenters. The zero-order valence-corrected chi connectivity index (χ0v) is 19.9. The van der Waals surface area contributed by atoms with Crippen LogP contribution < -0.4 is 10.9 Å². The number of nitrogens with one attached hydrogen (secondary N) is 1. The molecule has 1 aromatic carbocycles. The summed E-state index contributed by atoms with van der Waals surface area (Å²) in [6, 6.07) is 3.01. The predicted octanol–water partition coefficient (Wildman–Crippen LogP) is 5.38. The summed E-state index contributed by atoms with van der Waals surface area (Å²) in [6.07, 6.45) is -1.23. The first-order valence-electron chi connectivity index (χ1n) is 12.0. The number of hydrogen-bond donors (Lipinski definition) is 1. The van der Waals surface area contributed by atoms with Gasteiger partial charge in [0.2, 0.25) is 0 Å². The van der Waals surface area contributed by atoms with Crippen LogP contribution >= 0.6 is 0 Å². The molecule has 3 heterocycles. The summed E-state index contributed by atoms with van der Waals surface area (Å²) < 4.78 is 75.1. The van der Waals surface area contributed by atoms with E-state index in [4.69, 9.17) is 4.74 Å². The average Bonchev–Trinajstić information content (AvgIpc) is 3.28. The van der Waals surface area contributed by atoms with E-state index < -0.39 is 60.3 Å². The van der Waals surface area contributed by atoms with Gasteiger partial charge in [0.05, 0.1) is 34.3 Å². The number of rotatable bonds is 5. The van der Waals surface area contributed by atoms with E-state index in [0.717, 1.165) is 29.5 Å². The number of hydrogen-bond acceptors (Lipinski definition) is 4. The fourth-order valence-corrected chi connectivity index (χ4v) is 4.93. The monoisotopic (exact) mass is 524 g/mol. The van der Waals surface area contributed by atoms with Gasteiger partial charge in [-0.25, -0.2) is 13.5 Å². The molecule has 12 heteroatoms. The van der Waals surface area contributed by atoms with Crippen molar-refractivity contribution in [2.75, 3.05) is 6.61 Å². The van der Waals surface area contributed by atoms with Crippen molar-refractivity contribution < 1.29 is 31.5 Å². The van der Waals surface area contributed by atoms with Crippen molar-refractivity contribution in [2.45, 2.75) is 69.4 Å². The molecule has 37 heavy (non-hydrogen) atoms. The zero-order valence-electron chi connectivity index (χ0n) is 19.9. The number of aromatic nitrogens is 3. The number of halogens is 5. The van der Waals surface area contributed by atoms with Crippen molar-refractivity contribution >= 4 is 16.8 Å². The SMILES string of the molecule is CC(NC(=O)c1cn(C2CC(F)(F)C2)c(=O)c2cnn(C3CCCCO3)c12)c1cccc(C(F)(F)F)c1. The number of alkyl halides is 5. The maximum Gasteiger partial charge on any atom is 0.416 e. The highest BCUT2D eigenvalue weighted by molar-refractivity contribution is 6.05. The van der Waals surface area contributed by atoms with E-state index in [-0.39, 0.29) is 22.0 Å². The highest BCUT2D eigenvalue weighted by Gasteiger charge is 2.47.